The molecule has 0 spiro atoms. The smallest absolute Gasteiger partial charge is 0.149 e. The minimum atomic E-state index is -1.25. The third-order valence-corrected chi connectivity index (χ3v) is 2.35. The topological polar surface area (TPSA) is 40.5 Å². The van der Waals surface area contributed by atoms with Crippen LogP contribution in [0, 0.1) is 11.6 Å². The van der Waals surface area contributed by atoms with Crippen LogP contribution in [0.15, 0.2) is 10.5 Å². The van der Waals surface area contributed by atoms with Gasteiger partial charge in [0.05, 0.1) is 16.1 Å². The number of phenolic OH excluding ortho intramolecular Hbond substituents is 1. The predicted octanol–water partition coefficient (Wildman–Crippen LogP) is 2.49. The number of hydrogen-bond acceptors (Lipinski definition) is 2. The Kier molecular flexibility index (Phi) is 2.87. The zero-order valence-electron chi connectivity index (χ0n) is 6.68. The van der Waals surface area contributed by atoms with E-state index in [1.165, 1.54) is 6.92 Å². The second kappa shape index (κ2) is 3.59. The molecule has 0 amide bonds. The third-order valence-electron chi connectivity index (χ3n) is 1.59. The Morgan fingerprint density at radius 3 is 2.46 bits per heavy atom. The Bertz CT molecular complexity index is 339. The van der Waals surface area contributed by atoms with Gasteiger partial charge in [-0.3, -0.25) is 0 Å². The number of benzene rings is 1. The lowest BCUT2D eigenvalue weighted by atomic mass is 10.1. The Balaban J connectivity index is 3.44. The molecule has 1 atom stereocenters. The molecule has 1 rings (SSSR count). The molecule has 0 aliphatic heterocycles. The molecule has 0 radical (unpaired) electrons. The van der Waals surface area contributed by atoms with Gasteiger partial charge in [-0.05, 0) is 22.9 Å². The molecule has 72 valence electrons. The molecule has 0 heterocycles. The molecule has 0 fully saturated rings. The lowest BCUT2D eigenvalue weighted by molar-refractivity contribution is 0.188. The van der Waals surface area contributed by atoms with Crippen LogP contribution < -0.4 is 0 Å². The van der Waals surface area contributed by atoms with E-state index in [9.17, 15) is 8.78 Å². The molecule has 5 heteroatoms. The van der Waals surface area contributed by atoms with E-state index in [0.717, 1.165) is 6.07 Å². The molecule has 2 N–H and O–H groups in total. The van der Waals surface area contributed by atoms with Gasteiger partial charge in [-0.15, -0.1) is 0 Å². The zero-order chi connectivity index (χ0) is 10.2. The molecule has 0 aliphatic rings. The average molecular weight is 253 g/mol. The van der Waals surface area contributed by atoms with Gasteiger partial charge in [-0.2, -0.15) is 0 Å². The molecule has 0 aliphatic carbocycles. The summed E-state index contributed by atoms with van der Waals surface area (Å²) in [7, 11) is 0. The lowest BCUT2D eigenvalue weighted by Crippen LogP contribution is -2.01. The van der Waals surface area contributed by atoms with Crippen LogP contribution >= 0.6 is 15.9 Å². The van der Waals surface area contributed by atoms with E-state index in [4.69, 9.17) is 10.2 Å². The van der Waals surface area contributed by atoms with Crippen molar-refractivity contribution >= 4 is 15.9 Å². The largest absolute Gasteiger partial charge is 0.507 e. The van der Waals surface area contributed by atoms with Crippen molar-refractivity contribution < 1.29 is 19.0 Å². The molecule has 0 aromatic heterocycles. The summed E-state index contributed by atoms with van der Waals surface area (Å²) in [5.74, 6) is -2.47. The summed E-state index contributed by atoms with van der Waals surface area (Å²) >= 11 is 2.73. The molecule has 0 saturated heterocycles. The van der Waals surface area contributed by atoms with E-state index in [1.54, 1.807) is 0 Å². The average Bonchev–Trinajstić information content (AvgIpc) is 1.99. The van der Waals surface area contributed by atoms with Gasteiger partial charge in [-0.25, -0.2) is 8.78 Å². The fraction of sp³-hybridized carbons (Fsp3) is 0.250. The minimum Gasteiger partial charge on any atom is -0.507 e. The van der Waals surface area contributed by atoms with Gasteiger partial charge >= 0.3 is 0 Å². The summed E-state index contributed by atoms with van der Waals surface area (Å²) < 4.78 is 25.9. The van der Waals surface area contributed by atoms with E-state index in [1.807, 2.05) is 0 Å². The van der Waals surface area contributed by atoms with Gasteiger partial charge in [-0.1, -0.05) is 0 Å². The van der Waals surface area contributed by atoms with Crippen molar-refractivity contribution in [3.63, 3.8) is 0 Å². The molecule has 1 unspecified atom stereocenters. The fourth-order valence-electron chi connectivity index (χ4n) is 0.980. The molecule has 0 bridgehead atoms. The van der Waals surface area contributed by atoms with E-state index < -0.39 is 29.1 Å². The summed E-state index contributed by atoms with van der Waals surface area (Å²) in [6, 6.07) is 0.745. The third kappa shape index (κ3) is 1.81. The first-order valence-corrected chi connectivity index (χ1v) is 4.29. The maximum absolute atomic E-state index is 13.2. The Labute approximate surface area is 81.9 Å². The molecule has 0 saturated carbocycles. The van der Waals surface area contributed by atoms with Crippen molar-refractivity contribution in [1.29, 1.82) is 0 Å². The van der Waals surface area contributed by atoms with Crippen LogP contribution in [0.5, 0.6) is 5.75 Å². The van der Waals surface area contributed by atoms with E-state index in [2.05, 4.69) is 15.9 Å². The summed E-state index contributed by atoms with van der Waals surface area (Å²) in [5, 5.41) is 18.0. The molecular weight excluding hydrogens is 246 g/mol. The molecule has 13 heavy (non-hydrogen) atoms. The highest BCUT2D eigenvalue weighted by Gasteiger charge is 2.19. The van der Waals surface area contributed by atoms with Crippen molar-refractivity contribution in [3.05, 3.63) is 27.7 Å². The Morgan fingerprint density at radius 2 is 2.00 bits per heavy atom. The lowest BCUT2D eigenvalue weighted by Gasteiger charge is -2.09. The van der Waals surface area contributed by atoms with Gasteiger partial charge in [0, 0.05) is 6.07 Å². The maximum Gasteiger partial charge on any atom is 0.149 e. The number of aliphatic hydroxyl groups is 1. The number of halogens is 3. The molecule has 1 aromatic rings. The Morgan fingerprint density at radius 1 is 1.46 bits per heavy atom. The standard InChI is InChI=1S/C8H7BrF2O2/c1-3(12)6-4(10)2-5(13)7(9)8(6)11/h2-3,12-13H,1H3. The normalized spacial score (nSPS) is 13.0. The second-order valence-electron chi connectivity index (χ2n) is 2.60. The van der Waals surface area contributed by atoms with Gasteiger partial charge in [0.1, 0.15) is 17.4 Å². The van der Waals surface area contributed by atoms with Crippen LogP contribution in [-0.4, -0.2) is 10.2 Å². The molecule has 2 nitrogen and oxygen atoms in total. The number of aliphatic hydroxyl groups excluding tert-OH is 1. The Hall–Kier alpha value is -0.680. The van der Waals surface area contributed by atoms with Crippen molar-refractivity contribution in [2.24, 2.45) is 0 Å². The van der Waals surface area contributed by atoms with Crippen molar-refractivity contribution in [2.45, 2.75) is 13.0 Å². The van der Waals surface area contributed by atoms with Crippen molar-refractivity contribution in [3.8, 4) is 5.75 Å². The van der Waals surface area contributed by atoms with Gasteiger partial charge < -0.3 is 10.2 Å². The quantitative estimate of drug-likeness (QED) is 0.755. The summed E-state index contributed by atoms with van der Waals surface area (Å²) in [6.45, 7) is 1.24. The number of rotatable bonds is 1. The van der Waals surface area contributed by atoms with Crippen molar-refractivity contribution in [1.82, 2.24) is 0 Å². The summed E-state index contributed by atoms with van der Waals surface area (Å²) in [4.78, 5) is 0. The number of aromatic hydroxyl groups is 1. The van der Waals surface area contributed by atoms with Crippen LogP contribution in [-0.2, 0) is 0 Å². The highest BCUT2D eigenvalue weighted by molar-refractivity contribution is 9.10. The van der Waals surface area contributed by atoms with Crippen LogP contribution in [0.3, 0.4) is 0 Å². The molecule has 1 aromatic carbocycles. The van der Waals surface area contributed by atoms with Crippen molar-refractivity contribution in [2.75, 3.05) is 0 Å². The monoisotopic (exact) mass is 252 g/mol. The van der Waals surface area contributed by atoms with Crippen LogP contribution in [0.25, 0.3) is 0 Å². The summed E-state index contributed by atoms with van der Waals surface area (Å²) in [5.41, 5.74) is -0.454. The van der Waals surface area contributed by atoms with Gasteiger partial charge in [0.25, 0.3) is 0 Å². The van der Waals surface area contributed by atoms with Gasteiger partial charge in [0.2, 0.25) is 0 Å². The number of phenols is 1. The minimum absolute atomic E-state index is 0.246. The SMILES string of the molecule is CC(O)c1c(F)cc(O)c(Br)c1F. The van der Waals surface area contributed by atoms with Crippen LogP contribution in [0.1, 0.15) is 18.6 Å². The maximum atomic E-state index is 13.2. The van der Waals surface area contributed by atoms with E-state index >= 15 is 0 Å². The predicted molar refractivity (Wildman–Crippen MR) is 46.4 cm³/mol. The van der Waals surface area contributed by atoms with Crippen LogP contribution in [0.4, 0.5) is 8.78 Å². The van der Waals surface area contributed by atoms with E-state index in [0.29, 0.717) is 0 Å². The highest BCUT2D eigenvalue weighted by atomic mass is 79.9. The molecular formula is C8H7BrF2O2. The van der Waals surface area contributed by atoms with E-state index in [-0.39, 0.29) is 4.47 Å². The van der Waals surface area contributed by atoms with Gasteiger partial charge in [0.15, 0.2) is 0 Å². The fourth-order valence-corrected chi connectivity index (χ4v) is 1.31. The zero-order valence-corrected chi connectivity index (χ0v) is 8.27. The first-order chi connectivity index (χ1) is 5.95. The van der Waals surface area contributed by atoms with Crippen LogP contribution in [0.2, 0.25) is 0 Å². The second-order valence-corrected chi connectivity index (χ2v) is 3.39. The highest BCUT2D eigenvalue weighted by Crippen LogP contribution is 2.33. The number of hydrogen-bond donors (Lipinski definition) is 2. The summed E-state index contributed by atoms with van der Waals surface area (Å²) in [6.07, 6.45) is -1.25. The first kappa shape index (κ1) is 10.4. The first-order valence-electron chi connectivity index (χ1n) is 3.49.